The van der Waals surface area contributed by atoms with E-state index in [1.807, 2.05) is 28.8 Å². The quantitative estimate of drug-likeness (QED) is 0.769. The maximum absolute atomic E-state index is 10.9. The van der Waals surface area contributed by atoms with Crippen molar-refractivity contribution in [3.05, 3.63) is 30.6 Å². The monoisotopic (exact) mass is 204 g/mol. The Morgan fingerprint density at radius 2 is 2.40 bits per heavy atom. The van der Waals surface area contributed by atoms with E-state index in [9.17, 15) is 4.79 Å². The molecule has 78 valence electrons. The molecule has 0 aliphatic carbocycles. The molecule has 0 aromatic carbocycles. The van der Waals surface area contributed by atoms with Gasteiger partial charge in [-0.25, -0.2) is 4.98 Å². The third-order valence-corrected chi connectivity index (χ3v) is 2.22. The summed E-state index contributed by atoms with van der Waals surface area (Å²) in [6.45, 7) is 1.72. The van der Waals surface area contributed by atoms with Gasteiger partial charge in [0, 0.05) is 12.4 Å². The highest BCUT2D eigenvalue weighted by molar-refractivity contribution is 5.82. The zero-order chi connectivity index (χ0) is 10.8. The number of carbonyl (C=O) groups excluding carboxylic acids is 1. The summed E-state index contributed by atoms with van der Waals surface area (Å²) in [5.41, 5.74) is 6.01. The predicted molar refractivity (Wildman–Crippen MR) is 57.5 cm³/mol. The molecule has 0 spiro atoms. The number of hydrogen-bond donors (Lipinski definition) is 2. The SMILES string of the molecule is CC(Nc1cccc2nccn12)C(N)=O. The van der Waals surface area contributed by atoms with Crippen molar-refractivity contribution in [2.75, 3.05) is 5.32 Å². The van der Waals surface area contributed by atoms with Crippen molar-refractivity contribution < 1.29 is 4.79 Å². The highest BCUT2D eigenvalue weighted by atomic mass is 16.1. The van der Waals surface area contributed by atoms with Crippen LogP contribution < -0.4 is 11.1 Å². The highest BCUT2D eigenvalue weighted by Crippen LogP contribution is 2.11. The van der Waals surface area contributed by atoms with Crippen molar-refractivity contribution in [1.82, 2.24) is 9.38 Å². The third kappa shape index (κ3) is 1.76. The lowest BCUT2D eigenvalue weighted by Crippen LogP contribution is -2.33. The fraction of sp³-hybridized carbons (Fsp3) is 0.200. The van der Waals surface area contributed by atoms with Gasteiger partial charge in [0.2, 0.25) is 5.91 Å². The Balaban J connectivity index is 2.35. The Morgan fingerprint density at radius 3 is 3.13 bits per heavy atom. The molecule has 0 saturated heterocycles. The number of nitrogens with two attached hydrogens (primary N) is 1. The van der Waals surface area contributed by atoms with Crippen molar-refractivity contribution in [3.63, 3.8) is 0 Å². The molecule has 5 nitrogen and oxygen atoms in total. The lowest BCUT2D eigenvalue weighted by Gasteiger charge is -2.12. The lowest BCUT2D eigenvalue weighted by molar-refractivity contribution is -0.118. The molecule has 5 heteroatoms. The number of fused-ring (bicyclic) bond motifs is 1. The molecular weight excluding hydrogens is 192 g/mol. The van der Waals surface area contributed by atoms with Crippen LogP contribution in [0.2, 0.25) is 0 Å². The van der Waals surface area contributed by atoms with E-state index in [0.29, 0.717) is 0 Å². The number of hydrogen-bond acceptors (Lipinski definition) is 3. The molecule has 0 aliphatic heterocycles. The molecule has 0 bridgehead atoms. The van der Waals surface area contributed by atoms with E-state index < -0.39 is 6.04 Å². The maximum atomic E-state index is 10.9. The van der Waals surface area contributed by atoms with Gasteiger partial charge in [0.25, 0.3) is 0 Å². The number of nitrogens with one attached hydrogen (secondary N) is 1. The van der Waals surface area contributed by atoms with Crippen molar-refractivity contribution in [2.24, 2.45) is 5.73 Å². The minimum Gasteiger partial charge on any atom is -0.368 e. The van der Waals surface area contributed by atoms with Gasteiger partial charge in [-0.2, -0.15) is 0 Å². The topological polar surface area (TPSA) is 72.4 Å². The first-order chi connectivity index (χ1) is 7.18. The summed E-state index contributed by atoms with van der Waals surface area (Å²) in [5, 5.41) is 3.02. The summed E-state index contributed by atoms with van der Waals surface area (Å²) >= 11 is 0. The standard InChI is InChI=1S/C10H12N4O/c1-7(10(11)15)13-9-4-2-3-8-12-5-6-14(8)9/h2-7,13H,1H3,(H2,11,15). The number of amides is 1. The third-order valence-electron chi connectivity index (χ3n) is 2.22. The first-order valence-corrected chi connectivity index (χ1v) is 4.66. The van der Waals surface area contributed by atoms with Gasteiger partial charge in [-0.15, -0.1) is 0 Å². The average Bonchev–Trinajstić information content (AvgIpc) is 2.66. The number of anilines is 1. The van der Waals surface area contributed by atoms with Gasteiger partial charge in [-0.3, -0.25) is 9.20 Å². The molecule has 2 heterocycles. The van der Waals surface area contributed by atoms with Crippen molar-refractivity contribution in [2.45, 2.75) is 13.0 Å². The second kappa shape index (κ2) is 3.61. The van der Waals surface area contributed by atoms with Crippen molar-refractivity contribution in [3.8, 4) is 0 Å². The molecule has 1 atom stereocenters. The van der Waals surface area contributed by atoms with E-state index in [2.05, 4.69) is 10.3 Å². The molecule has 0 saturated carbocycles. The molecule has 0 fully saturated rings. The molecule has 2 aromatic rings. The Labute approximate surface area is 86.9 Å². The van der Waals surface area contributed by atoms with Crippen LogP contribution in [-0.4, -0.2) is 21.3 Å². The Hall–Kier alpha value is -2.04. The molecular formula is C10H12N4O. The first kappa shape index (κ1) is 9.51. The maximum Gasteiger partial charge on any atom is 0.239 e. The summed E-state index contributed by atoms with van der Waals surface area (Å²) in [6, 6.07) is 5.23. The van der Waals surface area contributed by atoms with E-state index in [0.717, 1.165) is 11.5 Å². The first-order valence-electron chi connectivity index (χ1n) is 4.66. The Morgan fingerprint density at radius 1 is 1.60 bits per heavy atom. The van der Waals surface area contributed by atoms with Crippen LogP contribution in [0.1, 0.15) is 6.92 Å². The van der Waals surface area contributed by atoms with Gasteiger partial charge < -0.3 is 11.1 Å². The Bertz CT molecular complexity index is 491. The molecule has 0 aliphatic rings. The number of pyridine rings is 1. The van der Waals surface area contributed by atoms with E-state index in [4.69, 9.17) is 5.73 Å². The van der Waals surface area contributed by atoms with E-state index >= 15 is 0 Å². The van der Waals surface area contributed by atoms with Crippen molar-refractivity contribution in [1.29, 1.82) is 0 Å². The van der Waals surface area contributed by atoms with Crippen LogP contribution in [0, 0.1) is 0 Å². The molecule has 1 amide bonds. The summed E-state index contributed by atoms with van der Waals surface area (Å²) in [6.07, 6.45) is 3.53. The molecule has 1 unspecified atom stereocenters. The van der Waals surface area contributed by atoms with E-state index in [-0.39, 0.29) is 5.91 Å². The van der Waals surface area contributed by atoms with Gasteiger partial charge in [-0.1, -0.05) is 6.07 Å². The predicted octanol–water partition coefficient (Wildman–Crippen LogP) is 0.620. The van der Waals surface area contributed by atoms with E-state index in [1.165, 1.54) is 0 Å². The number of primary amides is 1. The summed E-state index contributed by atoms with van der Waals surface area (Å²) < 4.78 is 1.86. The van der Waals surface area contributed by atoms with Gasteiger partial charge >= 0.3 is 0 Å². The lowest BCUT2D eigenvalue weighted by atomic mass is 10.3. The number of imidazole rings is 1. The van der Waals surface area contributed by atoms with Crippen LogP contribution in [0.25, 0.3) is 5.65 Å². The molecule has 2 aromatic heterocycles. The minimum atomic E-state index is -0.405. The molecule has 3 N–H and O–H groups in total. The van der Waals surface area contributed by atoms with Gasteiger partial charge in [0.1, 0.15) is 17.5 Å². The summed E-state index contributed by atoms with van der Waals surface area (Å²) in [4.78, 5) is 15.1. The Kier molecular flexibility index (Phi) is 2.29. The molecule has 0 radical (unpaired) electrons. The largest absolute Gasteiger partial charge is 0.368 e. The van der Waals surface area contributed by atoms with Gasteiger partial charge in [0.05, 0.1) is 0 Å². The zero-order valence-electron chi connectivity index (χ0n) is 8.34. The number of rotatable bonds is 3. The summed E-state index contributed by atoms with van der Waals surface area (Å²) in [7, 11) is 0. The van der Waals surface area contributed by atoms with Crippen LogP contribution in [0.4, 0.5) is 5.82 Å². The number of nitrogens with zero attached hydrogens (tertiary/aromatic N) is 2. The number of aromatic nitrogens is 2. The average molecular weight is 204 g/mol. The van der Waals surface area contributed by atoms with Gasteiger partial charge in [0.15, 0.2) is 0 Å². The van der Waals surface area contributed by atoms with Crippen LogP contribution in [0.15, 0.2) is 30.6 Å². The van der Waals surface area contributed by atoms with Crippen LogP contribution >= 0.6 is 0 Å². The van der Waals surface area contributed by atoms with Crippen LogP contribution in [0.3, 0.4) is 0 Å². The fourth-order valence-corrected chi connectivity index (χ4v) is 1.36. The zero-order valence-corrected chi connectivity index (χ0v) is 8.34. The van der Waals surface area contributed by atoms with Gasteiger partial charge in [-0.05, 0) is 19.1 Å². The van der Waals surface area contributed by atoms with E-state index in [1.54, 1.807) is 13.1 Å². The van der Waals surface area contributed by atoms with Crippen LogP contribution in [-0.2, 0) is 4.79 Å². The minimum absolute atomic E-state index is 0.382. The second-order valence-corrected chi connectivity index (χ2v) is 3.33. The fourth-order valence-electron chi connectivity index (χ4n) is 1.36. The smallest absolute Gasteiger partial charge is 0.239 e. The summed E-state index contributed by atoms with van der Waals surface area (Å²) in [5.74, 6) is 0.420. The second-order valence-electron chi connectivity index (χ2n) is 3.33. The highest BCUT2D eigenvalue weighted by Gasteiger charge is 2.09. The molecule has 2 rings (SSSR count). The van der Waals surface area contributed by atoms with Crippen LogP contribution in [0.5, 0.6) is 0 Å². The van der Waals surface area contributed by atoms with Crippen molar-refractivity contribution >= 4 is 17.4 Å². The molecule has 15 heavy (non-hydrogen) atoms. The number of carbonyl (C=O) groups is 1. The normalized spacial score (nSPS) is 12.6.